The summed E-state index contributed by atoms with van der Waals surface area (Å²) in [6, 6.07) is 4.42. The van der Waals surface area contributed by atoms with Gasteiger partial charge < -0.3 is 4.74 Å². The van der Waals surface area contributed by atoms with Crippen LogP contribution in [0.3, 0.4) is 0 Å². The van der Waals surface area contributed by atoms with E-state index in [4.69, 9.17) is 16.3 Å². The van der Waals surface area contributed by atoms with Crippen LogP contribution in [0.2, 0.25) is 5.02 Å². The summed E-state index contributed by atoms with van der Waals surface area (Å²) in [5, 5.41) is 0.0585. The normalized spacial score (nSPS) is 10.3. The second-order valence-electron chi connectivity index (χ2n) is 2.48. The predicted octanol–water partition coefficient (Wildman–Crippen LogP) is 2.80. The van der Waals surface area contributed by atoms with Gasteiger partial charge in [0, 0.05) is 5.56 Å². The molecule has 0 aliphatic carbocycles. The highest BCUT2D eigenvalue weighted by molar-refractivity contribution is 6.34. The fraction of sp³-hybridized carbons (Fsp3) is 0.222. The van der Waals surface area contributed by atoms with E-state index in [-0.39, 0.29) is 16.3 Å². The van der Waals surface area contributed by atoms with Gasteiger partial charge >= 0.3 is 0 Å². The van der Waals surface area contributed by atoms with Crippen LogP contribution in [0.4, 0.5) is 8.78 Å². The predicted molar refractivity (Wildman–Crippen MR) is 48.3 cm³/mol. The third-order valence-electron chi connectivity index (χ3n) is 1.48. The van der Waals surface area contributed by atoms with E-state index in [0.29, 0.717) is 6.29 Å². The lowest BCUT2D eigenvalue weighted by Gasteiger charge is -2.07. The van der Waals surface area contributed by atoms with Crippen molar-refractivity contribution in [2.75, 3.05) is 6.61 Å². The lowest BCUT2D eigenvalue weighted by molar-refractivity contribution is 0.0819. The van der Waals surface area contributed by atoms with Crippen molar-refractivity contribution < 1.29 is 18.3 Å². The van der Waals surface area contributed by atoms with Crippen LogP contribution >= 0.6 is 11.6 Å². The Morgan fingerprint density at radius 1 is 1.50 bits per heavy atom. The molecule has 0 fully saturated rings. The Bertz CT molecular complexity index is 329. The number of ether oxygens (including phenoxy) is 1. The molecule has 76 valence electrons. The van der Waals surface area contributed by atoms with Gasteiger partial charge in [-0.05, 0) is 12.1 Å². The summed E-state index contributed by atoms with van der Waals surface area (Å²) >= 11 is 5.69. The molecule has 0 aliphatic rings. The second kappa shape index (κ2) is 4.91. The minimum Gasteiger partial charge on any atom is -0.486 e. The van der Waals surface area contributed by atoms with Crippen LogP contribution in [0.1, 0.15) is 10.4 Å². The first kappa shape index (κ1) is 10.9. The molecule has 0 atom stereocenters. The van der Waals surface area contributed by atoms with E-state index in [1.807, 2.05) is 0 Å². The van der Waals surface area contributed by atoms with Gasteiger partial charge in [0.2, 0.25) is 0 Å². The van der Waals surface area contributed by atoms with Gasteiger partial charge in [-0.2, -0.15) is 0 Å². The van der Waals surface area contributed by atoms with Gasteiger partial charge in [0.1, 0.15) is 12.4 Å². The molecule has 0 N–H and O–H groups in total. The van der Waals surface area contributed by atoms with E-state index >= 15 is 0 Å². The van der Waals surface area contributed by atoms with E-state index in [2.05, 4.69) is 0 Å². The largest absolute Gasteiger partial charge is 0.486 e. The van der Waals surface area contributed by atoms with Crippen molar-refractivity contribution in [3.05, 3.63) is 28.8 Å². The number of alkyl halides is 2. The maximum atomic E-state index is 11.8. The molecule has 0 unspecified atom stereocenters. The second-order valence-corrected chi connectivity index (χ2v) is 2.86. The average Bonchev–Trinajstić information content (AvgIpc) is 2.16. The molecule has 0 amide bonds. The number of rotatable bonds is 4. The molecule has 0 saturated carbocycles. The fourth-order valence-corrected chi connectivity index (χ4v) is 1.11. The van der Waals surface area contributed by atoms with Crippen molar-refractivity contribution >= 4 is 17.9 Å². The summed E-state index contributed by atoms with van der Waals surface area (Å²) in [4.78, 5) is 10.4. The molecule has 1 aromatic carbocycles. The summed E-state index contributed by atoms with van der Waals surface area (Å²) in [6.45, 7) is -0.734. The van der Waals surface area contributed by atoms with Crippen molar-refractivity contribution in [3.8, 4) is 5.75 Å². The van der Waals surface area contributed by atoms with Gasteiger partial charge in [-0.1, -0.05) is 17.7 Å². The molecule has 0 aliphatic heterocycles. The van der Waals surface area contributed by atoms with Crippen molar-refractivity contribution in [2.45, 2.75) is 6.43 Å². The Kier molecular flexibility index (Phi) is 3.83. The minimum absolute atomic E-state index is 0.0585. The molecule has 0 spiro atoms. The zero-order valence-electron chi connectivity index (χ0n) is 7.04. The van der Waals surface area contributed by atoms with E-state index in [1.54, 1.807) is 0 Å². The topological polar surface area (TPSA) is 26.3 Å². The van der Waals surface area contributed by atoms with Gasteiger partial charge in [0.05, 0.1) is 5.02 Å². The number of hydrogen-bond acceptors (Lipinski definition) is 2. The minimum atomic E-state index is -2.56. The smallest absolute Gasteiger partial charge is 0.272 e. The van der Waals surface area contributed by atoms with Crippen LogP contribution in [0.25, 0.3) is 0 Å². The number of carbonyl (C=O) groups excluding carboxylic acids is 1. The monoisotopic (exact) mass is 220 g/mol. The fourth-order valence-electron chi connectivity index (χ4n) is 0.883. The standard InChI is InChI=1S/C9H7ClF2O2/c10-9-6(4-13)2-1-3-7(9)14-5-8(11)12/h1-4,8H,5H2. The molecule has 14 heavy (non-hydrogen) atoms. The highest BCUT2D eigenvalue weighted by Crippen LogP contribution is 2.27. The Hall–Kier alpha value is -1.16. The van der Waals surface area contributed by atoms with Gasteiger partial charge in [0.25, 0.3) is 6.43 Å². The van der Waals surface area contributed by atoms with E-state index < -0.39 is 13.0 Å². The maximum Gasteiger partial charge on any atom is 0.272 e. The van der Waals surface area contributed by atoms with Gasteiger partial charge in [-0.25, -0.2) is 8.78 Å². The van der Waals surface area contributed by atoms with Crippen LogP contribution in [-0.2, 0) is 0 Å². The average molecular weight is 221 g/mol. The molecular weight excluding hydrogens is 214 g/mol. The van der Waals surface area contributed by atoms with Crippen LogP contribution in [0.5, 0.6) is 5.75 Å². The Morgan fingerprint density at radius 2 is 2.21 bits per heavy atom. The summed E-state index contributed by atoms with van der Waals surface area (Å²) in [7, 11) is 0. The summed E-state index contributed by atoms with van der Waals surface area (Å²) < 4.78 is 28.3. The number of hydrogen-bond donors (Lipinski definition) is 0. The molecule has 0 bridgehead atoms. The molecule has 5 heteroatoms. The Labute approximate surface area is 84.4 Å². The summed E-state index contributed by atoms with van der Waals surface area (Å²) in [5.74, 6) is 0.0940. The van der Waals surface area contributed by atoms with E-state index in [1.165, 1.54) is 18.2 Å². The number of benzene rings is 1. The molecule has 0 heterocycles. The molecule has 1 rings (SSSR count). The molecule has 2 nitrogen and oxygen atoms in total. The highest BCUT2D eigenvalue weighted by Gasteiger charge is 2.09. The zero-order valence-corrected chi connectivity index (χ0v) is 7.80. The third-order valence-corrected chi connectivity index (χ3v) is 1.89. The third kappa shape index (κ3) is 2.67. The first-order chi connectivity index (χ1) is 6.65. The summed E-state index contributed by atoms with van der Waals surface area (Å²) in [6.07, 6.45) is -2.02. The van der Waals surface area contributed by atoms with Gasteiger partial charge in [-0.15, -0.1) is 0 Å². The van der Waals surface area contributed by atoms with Gasteiger partial charge in [-0.3, -0.25) is 4.79 Å². The van der Waals surface area contributed by atoms with Crippen molar-refractivity contribution in [1.82, 2.24) is 0 Å². The Balaban J connectivity index is 2.81. The maximum absolute atomic E-state index is 11.8. The zero-order chi connectivity index (χ0) is 10.6. The van der Waals surface area contributed by atoms with Crippen LogP contribution in [-0.4, -0.2) is 19.3 Å². The summed E-state index contributed by atoms with van der Waals surface area (Å²) in [5.41, 5.74) is 0.221. The van der Waals surface area contributed by atoms with Crippen LogP contribution in [0.15, 0.2) is 18.2 Å². The van der Waals surface area contributed by atoms with Crippen LogP contribution in [0, 0.1) is 0 Å². The molecule has 0 saturated heterocycles. The highest BCUT2D eigenvalue weighted by atomic mass is 35.5. The molecular formula is C9H7ClF2O2. The number of carbonyl (C=O) groups is 1. The van der Waals surface area contributed by atoms with E-state index in [0.717, 1.165) is 0 Å². The number of halogens is 3. The van der Waals surface area contributed by atoms with Gasteiger partial charge in [0.15, 0.2) is 6.29 Å². The Morgan fingerprint density at radius 3 is 2.79 bits per heavy atom. The van der Waals surface area contributed by atoms with Crippen molar-refractivity contribution in [2.24, 2.45) is 0 Å². The first-order valence-corrected chi connectivity index (χ1v) is 4.17. The quantitative estimate of drug-likeness (QED) is 0.730. The lowest BCUT2D eigenvalue weighted by atomic mass is 10.2. The SMILES string of the molecule is O=Cc1cccc(OCC(F)F)c1Cl. The first-order valence-electron chi connectivity index (χ1n) is 3.79. The van der Waals surface area contributed by atoms with Crippen molar-refractivity contribution in [1.29, 1.82) is 0 Å². The molecule has 1 aromatic rings. The molecule has 0 aromatic heterocycles. The lowest BCUT2D eigenvalue weighted by Crippen LogP contribution is -2.07. The van der Waals surface area contributed by atoms with Crippen LogP contribution < -0.4 is 4.74 Å². The van der Waals surface area contributed by atoms with E-state index in [9.17, 15) is 13.6 Å². The number of aldehydes is 1. The molecule has 0 radical (unpaired) electrons. The van der Waals surface area contributed by atoms with Crippen molar-refractivity contribution in [3.63, 3.8) is 0 Å².